The van der Waals surface area contributed by atoms with Gasteiger partial charge in [0.05, 0.1) is 6.42 Å². The minimum Gasteiger partial charge on any atom is -0.481 e. The molecule has 4 nitrogen and oxygen atoms in total. The van der Waals surface area contributed by atoms with E-state index in [-0.39, 0.29) is 11.7 Å². The van der Waals surface area contributed by atoms with Gasteiger partial charge in [0.1, 0.15) is 0 Å². The molecule has 1 aromatic rings. The van der Waals surface area contributed by atoms with E-state index in [1.54, 1.807) is 18.5 Å². The van der Waals surface area contributed by atoms with Crippen molar-refractivity contribution in [2.75, 3.05) is 0 Å². The van der Waals surface area contributed by atoms with Gasteiger partial charge in [0.2, 0.25) is 0 Å². The molecule has 0 fully saturated rings. The highest BCUT2D eigenvalue weighted by molar-refractivity contribution is 7.99. The van der Waals surface area contributed by atoms with Crippen molar-refractivity contribution in [3.05, 3.63) is 18.5 Å². The second-order valence-electron chi connectivity index (χ2n) is 2.56. The number of carbonyl (C=O) groups is 1. The smallest absolute Gasteiger partial charge is 0.304 e. The fourth-order valence-electron chi connectivity index (χ4n) is 0.814. The van der Waals surface area contributed by atoms with Crippen LogP contribution in [0.4, 0.5) is 0 Å². The fraction of sp³-hybridized carbons (Fsp3) is 0.375. The van der Waals surface area contributed by atoms with Crippen LogP contribution < -0.4 is 0 Å². The van der Waals surface area contributed by atoms with Crippen molar-refractivity contribution in [1.82, 2.24) is 9.97 Å². The molecule has 1 rings (SSSR count). The third kappa shape index (κ3) is 3.89. The van der Waals surface area contributed by atoms with Crippen LogP contribution in [-0.2, 0) is 4.79 Å². The number of carboxylic acids is 1. The van der Waals surface area contributed by atoms with E-state index in [9.17, 15) is 4.79 Å². The van der Waals surface area contributed by atoms with Gasteiger partial charge in [-0.1, -0.05) is 18.7 Å². The summed E-state index contributed by atoms with van der Waals surface area (Å²) < 4.78 is 0. The number of carboxylic acid groups (broad SMARTS) is 1. The molecule has 0 spiro atoms. The molecule has 0 saturated carbocycles. The number of aliphatic carboxylic acids is 1. The lowest BCUT2D eigenvalue weighted by Gasteiger charge is -2.05. The molecule has 0 radical (unpaired) electrons. The van der Waals surface area contributed by atoms with E-state index < -0.39 is 5.97 Å². The van der Waals surface area contributed by atoms with Gasteiger partial charge < -0.3 is 5.11 Å². The van der Waals surface area contributed by atoms with E-state index in [0.29, 0.717) is 5.16 Å². The standard InChI is InChI=1S/C8H10N2O2S/c1-6(5-7(11)12)13-8-9-3-2-4-10-8/h2-4,6H,5H2,1H3,(H,11,12). The number of aromatic nitrogens is 2. The van der Waals surface area contributed by atoms with E-state index in [4.69, 9.17) is 5.11 Å². The van der Waals surface area contributed by atoms with E-state index in [2.05, 4.69) is 9.97 Å². The van der Waals surface area contributed by atoms with Crippen molar-refractivity contribution in [1.29, 1.82) is 0 Å². The SMILES string of the molecule is CC(CC(=O)O)Sc1ncccn1. The van der Waals surface area contributed by atoms with Gasteiger partial charge in [0.25, 0.3) is 0 Å². The van der Waals surface area contributed by atoms with Gasteiger partial charge in [-0.15, -0.1) is 0 Å². The molecule has 5 heteroatoms. The van der Waals surface area contributed by atoms with Gasteiger partial charge in [-0.2, -0.15) is 0 Å². The molecule has 0 aliphatic rings. The maximum Gasteiger partial charge on any atom is 0.304 e. The Hall–Kier alpha value is -1.10. The molecule has 0 aliphatic carbocycles. The van der Waals surface area contributed by atoms with E-state index in [1.165, 1.54) is 11.8 Å². The summed E-state index contributed by atoms with van der Waals surface area (Å²) in [6.07, 6.45) is 3.41. The summed E-state index contributed by atoms with van der Waals surface area (Å²) in [4.78, 5) is 18.3. The van der Waals surface area contributed by atoms with Gasteiger partial charge >= 0.3 is 5.97 Å². The Balaban J connectivity index is 2.45. The highest BCUT2D eigenvalue weighted by atomic mass is 32.2. The molecule has 0 saturated heterocycles. The van der Waals surface area contributed by atoms with E-state index in [0.717, 1.165) is 0 Å². The molecule has 13 heavy (non-hydrogen) atoms. The first kappa shape index (κ1) is 9.98. The second kappa shape index (κ2) is 4.81. The minimum atomic E-state index is -0.795. The summed E-state index contributed by atoms with van der Waals surface area (Å²) in [5.41, 5.74) is 0. The Bertz CT molecular complexity index is 279. The molecule has 1 heterocycles. The number of thioether (sulfide) groups is 1. The predicted octanol–water partition coefficient (Wildman–Crippen LogP) is 1.43. The van der Waals surface area contributed by atoms with Gasteiger partial charge in [0, 0.05) is 17.6 Å². The predicted molar refractivity (Wildman–Crippen MR) is 49.6 cm³/mol. The van der Waals surface area contributed by atoms with Crippen LogP contribution in [0.15, 0.2) is 23.6 Å². The molecular weight excluding hydrogens is 188 g/mol. The van der Waals surface area contributed by atoms with Crippen molar-refractivity contribution < 1.29 is 9.90 Å². The van der Waals surface area contributed by atoms with Gasteiger partial charge in [-0.05, 0) is 6.07 Å². The summed E-state index contributed by atoms with van der Waals surface area (Å²) in [6.45, 7) is 1.84. The van der Waals surface area contributed by atoms with Crippen molar-refractivity contribution in [3.8, 4) is 0 Å². The topological polar surface area (TPSA) is 63.1 Å². The molecule has 0 amide bonds. The third-order valence-electron chi connectivity index (χ3n) is 1.31. The number of hydrogen-bond acceptors (Lipinski definition) is 4. The van der Waals surface area contributed by atoms with Gasteiger partial charge in [-0.3, -0.25) is 4.79 Å². The molecule has 0 aromatic carbocycles. The highest BCUT2D eigenvalue weighted by Crippen LogP contribution is 2.20. The molecule has 70 valence electrons. The van der Waals surface area contributed by atoms with Crippen molar-refractivity contribution in [2.24, 2.45) is 0 Å². The first-order chi connectivity index (χ1) is 6.18. The Morgan fingerprint density at radius 3 is 2.77 bits per heavy atom. The Morgan fingerprint density at radius 2 is 2.23 bits per heavy atom. The summed E-state index contributed by atoms with van der Waals surface area (Å²) in [5.74, 6) is -0.795. The molecule has 0 aliphatic heterocycles. The summed E-state index contributed by atoms with van der Waals surface area (Å²) in [6, 6.07) is 1.73. The second-order valence-corrected chi connectivity index (χ2v) is 3.96. The van der Waals surface area contributed by atoms with Crippen LogP contribution in [0.3, 0.4) is 0 Å². The lowest BCUT2D eigenvalue weighted by molar-refractivity contribution is -0.136. The molecular formula is C8H10N2O2S. The average Bonchev–Trinajstić information content (AvgIpc) is 2.04. The van der Waals surface area contributed by atoms with Crippen molar-refractivity contribution >= 4 is 17.7 Å². The molecule has 0 bridgehead atoms. The Labute approximate surface area is 80.4 Å². The molecule has 1 unspecified atom stereocenters. The summed E-state index contributed by atoms with van der Waals surface area (Å²) in [7, 11) is 0. The third-order valence-corrected chi connectivity index (χ3v) is 2.30. The maximum atomic E-state index is 10.3. The van der Waals surface area contributed by atoms with Crippen LogP contribution in [0.2, 0.25) is 0 Å². The molecule has 1 aromatic heterocycles. The maximum absolute atomic E-state index is 10.3. The quantitative estimate of drug-likeness (QED) is 0.585. The van der Waals surface area contributed by atoms with E-state index in [1.807, 2.05) is 6.92 Å². The zero-order valence-electron chi connectivity index (χ0n) is 7.17. The highest BCUT2D eigenvalue weighted by Gasteiger charge is 2.09. The van der Waals surface area contributed by atoms with Crippen LogP contribution in [0, 0.1) is 0 Å². The van der Waals surface area contributed by atoms with Crippen LogP contribution in [-0.4, -0.2) is 26.3 Å². The lowest BCUT2D eigenvalue weighted by Crippen LogP contribution is -2.06. The van der Waals surface area contributed by atoms with Crippen LogP contribution in [0.5, 0.6) is 0 Å². The molecule has 1 N–H and O–H groups in total. The number of rotatable bonds is 4. The monoisotopic (exact) mass is 198 g/mol. The molecule has 1 atom stereocenters. The van der Waals surface area contributed by atoms with Crippen LogP contribution in [0.1, 0.15) is 13.3 Å². The van der Waals surface area contributed by atoms with Crippen LogP contribution in [0.25, 0.3) is 0 Å². The zero-order chi connectivity index (χ0) is 9.68. The average molecular weight is 198 g/mol. The Kier molecular flexibility index (Phi) is 3.70. The van der Waals surface area contributed by atoms with Crippen molar-refractivity contribution in [2.45, 2.75) is 23.8 Å². The fourth-order valence-corrected chi connectivity index (χ4v) is 1.64. The van der Waals surface area contributed by atoms with E-state index >= 15 is 0 Å². The normalized spacial score (nSPS) is 12.4. The Morgan fingerprint density at radius 1 is 1.62 bits per heavy atom. The van der Waals surface area contributed by atoms with Gasteiger partial charge in [0.15, 0.2) is 5.16 Å². The zero-order valence-corrected chi connectivity index (χ0v) is 7.99. The summed E-state index contributed by atoms with van der Waals surface area (Å²) >= 11 is 1.37. The minimum absolute atomic E-state index is 0.0000926. The number of nitrogens with zero attached hydrogens (tertiary/aromatic N) is 2. The lowest BCUT2D eigenvalue weighted by atomic mass is 10.3. The first-order valence-corrected chi connectivity index (χ1v) is 4.72. The van der Waals surface area contributed by atoms with Crippen LogP contribution >= 0.6 is 11.8 Å². The summed E-state index contributed by atoms with van der Waals surface area (Å²) in [5, 5.41) is 9.13. The van der Waals surface area contributed by atoms with Gasteiger partial charge in [-0.25, -0.2) is 9.97 Å². The first-order valence-electron chi connectivity index (χ1n) is 3.84. The largest absolute Gasteiger partial charge is 0.481 e. The number of hydrogen-bond donors (Lipinski definition) is 1. The van der Waals surface area contributed by atoms with Crippen molar-refractivity contribution in [3.63, 3.8) is 0 Å².